The van der Waals surface area contributed by atoms with Crippen molar-refractivity contribution in [3.8, 4) is 0 Å². The molecule has 0 N–H and O–H groups in total. The zero-order valence-corrected chi connectivity index (χ0v) is 11.3. The summed E-state index contributed by atoms with van der Waals surface area (Å²) in [5, 5.41) is 0. The number of hydrogen-bond acceptors (Lipinski definition) is 1. The van der Waals surface area contributed by atoms with E-state index in [1.54, 1.807) is 4.90 Å². The Bertz CT molecular complexity index is 365. The molecule has 5 heteroatoms. The molecule has 17 heavy (non-hydrogen) atoms. The van der Waals surface area contributed by atoms with Gasteiger partial charge in [0.15, 0.2) is 0 Å². The van der Waals surface area contributed by atoms with Crippen molar-refractivity contribution < 1.29 is 13.2 Å². The van der Waals surface area contributed by atoms with E-state index in [1.807, 2.05) is 38.1 Å². The van der Waals surface area contributed by atoms with Crippen LogP contribution < -0.4 is 4.90 Å². The molecule has 0 saturated heterocycles. The highest BCUT2D eigenvalue weighted by atomic mass is 79.9. The van der Waals surface area contributed by atoms with Gasteiger partial charge >= 0.3 is 6.18 Å². The first-order valence-electron chi connectivity index (χ1n) is 5.37. The van der Waals surface area contributed by atoms with Gasteiger partial charge in [0.05, 0.1) is 0 Å². The van der Waals surface area contributed by atoms with E-state index in [0.717, 1.165) is 11.3 Å². The number of halogens is 4. The zero-order valence-electron chi connectivity index (χ0n) is 9.76. The highest BCUT2D eigenvalue weighted by molar-refractivity contribution is 9.09. The van der Waals surface area contributed by atoms with Crippen molar-refractivity contribution in [1.29, 1.82) is 0 Å². The number of benzene rings is 1. The van der Waals surface area contributed by atoms with Crippen LogP contribution in [-0.4, -0.2) is 24.1 Å². The molecular weight excluding hydrogens is 295 g/mol. The SMILES string of the molecule is CCN(CC(Br)C(F)(F)F)c1cccc(C)c1. The molecule has 0 heterocycles. The Balaban J connectivity index is 2.79. The Morgan fingerprint density at radius 1 is 1.35 bits per heavy atom. The molecule has 1 rings (SSSR count). The first-order chi connectivity index (χ1) is 7.84. The molecular formula is C12H15BrF3N. The Kier molecular flexibility index (Phi) is 4.86. The van der Waals surface area contributed by atoms with Crippen LogP contribution in [0.1, 0.15) is 12.5 Å². The van der Waals surface area contributed by atoms with E-state index >= 15 is 0 Å². The molecule has 0 bridgehead atoms. The lowest BCUT2D eigenvalue weighted by Crippen LogP contribution is -2.37. The van der Waals surface area contributed by atoms with Gasteiger partial charge in [0.2, 0.25) is 0 Å². The van der Waals surface area contributed by atoms with E-state index in [0.29, 0.717) is 6.54 Å². The summed E-state index contributed by atoms with van der Waals surface area (Å²) in [4.78, 5) is 0.204. The molecule has 1 nitrogen and oxygen atoms in total. The van der Waals surface area contributed by atoms with Crippen molar-refractivity contribution in [3.63, 3.8) is 0 Å². The fraction of sp³-hybridized carbons (Fsp3) is 0.500. The molecule has 0 saturated carbocycles. The summed E-state index contributed by atoms with van der Waals surface area (Å²) >= 11 is 2.69. The Morgan fingerprint density at radius 3 is 2.47 bits per heavy atom. The van der Waals surface area contributed by atoms with Gasteiger partial charge in [-0.3, -0.25) is 0 Å². The molecule has 1 aromatic carbocycles. The van der Waals surface area contributed by atoms with Gasteiger partial charge in [0, 0.05) is 18.8 Å². The summed E-state index contributed by atoms with van der Waals surface area (Å²) in [5.41, 5.74) is 1.86. The highest BCUT2D eigenvalue weighted by Gasteiger charge is 2.38. The third-order valence-corrected chi connectivity index (χ3v) is 3.29. The van der Waals surface area contributed by atoms with Crippen molar-refractivity contribution in [2.24, 2.45) is 0 Å². The van der Waals surface area contributed by atoms with Crippen LogP contribution >= 0.6 is 15.9 Å². The lowest BCUT2D eigenvalue weighted by molar-refractivity contribution is -0.125. The summed E-state index contributed by atoms with van der Waals surface area (Å²) in [6.07, 6.45) is -4.21. The van der Waals surface area contributed by atoms with Crippen molar-refractivity contribution in [2.75, 3.05) is 18.0 Å². The van der Waals surface area contributed by atoms with Crippen LogP contribution in [0.2, 0.25) is 0 Å². The summed E-state index contributed by atoms with van der Waals surface area (Å²) in [7, 11) is 0. The summed E-state index contributed by atoms with van der Waals surface area (Å²) in [5.74, 6) is 0. The van der Waals surface area contributed by atoms with E-state index in [4.69, 9.17) is 0 Å². The maximum absolute atomic E-state index is 12.5. The second-order valence-electron chi connectivity index (χ2n) is 3.89. The average molecular weight is 310 g/mol. The highest BCUT2D eigenvalue weighted by Crippen LogP contribution is 2.28. The lowest BCUT2D eigenvalue weighted by Gasteiger charge is -2.27. The van der Waals surface area contributed by atoms with Gasteiger partial charge in [0.1, 0.15) is 4.83 Å². The number of hydrogen-bond donors (Lipinski definition) is 0. The van der Waals surface area contributed by atoms with Crippen molar-refractivity contribution >= 4 is 21.6 Å². The van der Waals surface area contributed by atoms with Gasteiger partial charge in [-0.15, -0.1) is 0 Å². The van der Waals surface area contributed by atoms with Crippen LogP contribution in [0.25, 0.3) is 0 Å². The van der Waals surface area contributed by atoms with Crippen LogP contribution in [0, 0.1) is 6.92 Å². The third kappa shape index (κ3) is 4.22. The molecule has 1 unspecified atom stereocenters. The minimum atomic E-state index is -4.21. The van der Waals surface area contributed by atoms with Crippen molar-refractivity contribution in [3.05, 3.63) is 29.8 Å². The van der Waals surface area contributed by atoms with Gasteiger partial charge in [-0.05, 0) is 31.5 Å². The van der Waals surface area contributed by atoms with Gasteiger partial charge in [-0.25, -0.2) is 0 Å². The second kappa shape index (κ2) is 5.76. The number of aryl methyl sites for hydroxylation is 1. The van der Waals surface area contributed by atoms with E-state index in [2.05, 4.69) is 15.9 Å². The van der Waals surface area contributed by atoms with Crippen LogP contribution in [0.5, 0.6) is 0 Å². The Labute approximate surface area is 108 Å². The molecule has 0 aliphatic rings. The van der Waals surface area contributed by atoms with Crippen LogP contribution in [0.3, 0.4) is 0 Å². The van der Waals surface area contributed by atoms with Gasteiger partial charge < -0.3 is 4.90 Å². The minimum Gasteiger partial charge on any atom is -0.370 e. The molecule has 1 aromatic rings. The van der Waals surface area contributed by atoms with Gasteiger partial charge in [-0.1, -0.05) is 28.1 Å². The molecule has 0 aliphatic heterocycles. The monoisotopic (exact) mass is 309 g/mol. The van der Waals surface area contributed by atoms with Gasteiger partial charge in [0.25, 0.3) is 0 Å². The van der Waals surface area contributed by atoms with Crippen molar-refractivity contribution in [2.45, 2.75) is 24.9 Å². The second-order valence-corrected chi connectivity index (χ2v) is 4.99. The molecule has 0 spiro atoms. The van der Waals surface area contributed by atoms with Crippen molar-refractivity contribution in [1.82, 2.24) is 0 Å². The smallest absolute Gasteiger partial charge is 0.370 e. The van der Waals surface area contributed by atoms with Crippen LogP contribution in [0.15, 0.2) is 24.3 Å². The number of alkyl halides is 4. The predicted octanol–water partition coefficient (Wildman–Crippen LogP) is 4.15. The summed E-state index contributed by atoms with van der Waals surface area (Å²) in [6.45, 7) is 4.23. The number of rotatable bonds is 4. The van der Waals surface area contributed by atoms with E-state index in [1.165, 1.54) is 0 Å². The third-order valence-electron chi connectivity index (χ3n) is 2.48. The quantitative estimate of drug-likeness (QED) is 0.755. The normalized spacial score (nSPS) is 13.5. The van der Waals surface area contributed by atoms with E-state index < -0.39 is 11.0 Å². The fourth-order valence-corrected chi connectivity index (χ4v) is 1.89. The van der Waals surface area contributed by atoms with Gasteiger partial charge in [-0.2, -0.15) is 13.2 Å². The maximum atomic E-state index is 12.5. The van der Waals surface area contributed by atoms with E-state index in [9.17, 15) is 13.2 Å². The van der Waals surface area contributed by atoms with Crippen LogP contribution in [-0.2, 0) is 0 Å². The predicted molar refractivity (Wildman–Crippen MR) is 67.8 cm³/mol. The minimum absolute atomic E-state index is 0.0799. The Hall–Kier alpha value is -0.710. The maximum Gasteiger partial charge on any atom is 0.402 e. The molecule has 1 atom stereocenters. The van der Waals surface area contributed by atoms with Crippen LogP contribution in [0.4, 0.5) is 18.9 Å². The molecule has 0 aliphatic carbocycles. The summed E-state index contributed by atoms with van der Waals surface area (Å²) in [6, 6.07) is 7.49. The number of nitrogens with zero attached hydrogens (tertiary/aromatic N) is 1. The lowest BCUT2D eigenvalue weighted by atomic mass is 10.2. The fourth-order valence-electron chi connectivity index (χ4n) is 1.54. The first-order valence-corrected chi connectivity index (χ1v) is 6.28. The molecule has 0 fully saturated rings. The summed E-state index contributed by atoms with van der Waals surface area (Å²) < 4.78 is 37.4. The first kappa shape index (κ1) is 14.4. The topological polar surface area (TPSA) is 3.24 Å². The molecule has 0 aromatic heterocycles. The number of anilines is 1. The molecule has 0 amide bonds. The average Bonchev–Trinajstić information content (AvgIpc) is 2.24. The molecule has 96 valence electrons. The largest absolute Gasteiger partial charge is 0.402 e. The van der Waals surface area contributed by atoms with E-state index in [-0.39, 0.29) is 6.54 Å². The standard InChI is InChI=1S/C12H15BrF3N/c1-3-17(8-11(13)12(14,15)16)10-6-4-5-9(2)7-10/h4-7,11H,3,8H2,1-2H3. The Morgan fingerprint density at radius 2 is 2.00 bits per heavy atom. The zero-order chi connectivity index (χ0) is 13.1. The molecule has 0 radical (unpaired) electrons.